The number of carbonyl (C=O) groups is 1. The van der Waals surface area contributed by atoms with E-state index in [4.69, 9.17) is 11.6 Å². The molecule has 1 aliphatic rings. The average Bonchev–Trinajstić information content (AvgIpc) is 2.85. The van der Waals surface area contributed by atoms with Crippen LogP contribution in [0.1, 0.15) is 50.5 Å². The van der Waals surface area contributed by atoms with Gasteiger partial charge in [0.25, 0.3) is 0 Å². The highest BCUT2D eigenvalue weighted by molar-refractivity contribution is 7.91. The molecule has 0 spiro atoms. The topological polar surface area (TPSA) is 64.1 Å². The minimum absolute atomic E-state index is 0.000725. The van der Waals surface area contributed by atoms with Crippen LogP contribution in [0.15, 0.2) is 65.7 Å². The predicted molar refractivity (Wildman–Crippen MR) is 137 cm³/mol. The monoisotopic (exact) mass is 531 g/mol. The van der Waals surface area contributed by atoms with Gasteiger partial charge in [-0.1, -0.05) is 42.8 Å². The first-order chi connectivity index (χ1) is 17.1. The van der Waals surface area contributed by atoms with Crippen LogP contribution >= 0.6 is 11.6 Å². The zero-order chi connectivity index (χ0) is 25.9. The number of hydrogen-bond acceptors (Lipinski definition) is 4. The number of ketones is 1. The fourth-order valence-corrected chi connectivity index (χ4v) is 6.87. The van der Waals surface area contributed by atoms with E-state index in [1.165, 1.54) is 36.5 Å². The van der Waals surface area contributed by atoms with Gasteiger partial charge in [0.05, 0.1) is 21.4 Å². The Labute approximate surface area is 215 Å². The first-order valence-electron chi connectivity index (χ1n) is 12.1. The van der Waals surface area contributed by atoms with Crippen LogP contribution in [-0.4, -0.2) is 24.9 Å². The molecule has 0 amide bonds. The number of hydrogen-bond donors (Lipinski definition) is 0. The van der Waals surface area contributed by atoms with Crippen molar-refractivity contribution in [3.63, 3.8) is 0 Å². The minimum atomic E-state index is -3.64. The van der Waals surface area contributed by atoms with E-state index in [9.17, 15) is 22.0 Å². The summed E-state index contributed by atoms with van der Waals surface area (Å²) < 4.78 is 53.3. The number of aromatic nitrogens is 1. The molecule has 1 fully saturated rings. The van der Waals surface area contributed by atoms with E-state index in [2.05, 4.69) is 4.98 Å². The van der Waals surface area contributed by atoms with Crippen molar-refractivity contribution in [3.05, 3.63) is 83.0 Å². The lowest BCUT2D eigenvalue weighted by Crippen LogP contribution is -2.26. The molecule has 0 unspecified atom stereocenters. The van der Waals surface area contributed by atoms with Crippen molar-refractivity contribution in [1.82, 2.24) is 4.98 Å². The Morgan fingerprint density at radius 1 is 1.06 bits per heavy atom. The lowest BCUT2D eigenvalue weighted by atomic mass is 9.78. The number of pyridine rings is 1. The second kappa shape index (κ2) is 11.2. The molecule has 1 aliphatic carbocycles. The lowest BCUT2D eigenvalue weighted by Gasteiger charge is -2.28. The van der Waals surface area contributed by atoms with Gasteiger partial charge in [-0.3, -0.25) is 9.78 Å². The van der Waals surface area contributed by atoms with E-state index in [0.717, 1.165) is 5.56 Å². The van der Waals surface area contributed by atoms with E-state index in [1.807, 2.05) is 6.92 Å². The van der Waals surface area contributed by atoms with Gasteiger partial charge in [0, 0.05) is 24.1 Å². The van der Waals surface area contributed by atoms with E-state index in [-0.39, 0.29) is 56.3 Å². The molecule has 0 bridgehead atoms. The van der Waals surface area contributed by atoms with Gasteiger partial charge >= 0.3 is 0 Å². The largest absolute Gasteiger partial charge is 0.299 e. The van der Waals surface area contributed by atoms with E-state index >= 15 is 0 Å². The minimum Gasteiger partial charge on any atom is -0.299 e. The Balaban J connectivity index is 1.34. The molecule has 0 radical (unpaired) electrons. The highest BCUT2D eigenvalue weighted by atomic mass is 35.5. The maximum atomic E-state index is 14.1. The van der Waals surface area contributed by atoms with Gasteiger partial charge in [0.15, 0.2) is 9.84 Å². The molecule has 3 aromatic rings. The number of sulfone groups is 1. The molecule has 36 heavy (non-hydrogen) atoms. The zero-order valence-corrected chi connectivity index (χ0v) is 21.5. The molecule has 0 N–H and O–H groups in total. The molecular weight excluding hydrogens is 504 g/mol. The van der Waals surface area contributed by atoms with Crippen LogP contribution in [0.3, 0.4) is 0 Å². The number of rotatable bonds is 8. The number of benzene rings is 2. The highest BCUT2D eigenvalue weighted by Gasteiger charge is 2.30. The fourth-order valence-electron chi connectivity index (χ4n) is 4.88. The summed E-state index contributed by atoms with van der Waals surface area (Å²) in [5.41, 5.74) is 1.34. The molecular formula is C28H28ClF2NO3S. The van der Waals surface area contributed by atoms with Crippen molar-refractivity contribution in [3.8, 4) is 11.3 Å². The summed E-state index contributed by atoms with van der Waals surface area (Å²) in [7, 11) is -3.64. The van der Waals surface area contributed by atoms with E-state index in [0.29, 0.717) is 32.1 Å². The normalized spacial score (nSPS) is 19.1. The maximum absolute atomic E-state index is 14.1. The Hall–Kier alpha value is -2.64. The summed E-state index contributed by atoms with van der Waals surface area (Å²) in [4.78, 5) is 17.0. The van der Waals surface area contributed by atoms with Crippen LogP contribution in [-0.2, 0) is 14.6 Å². The third kappa shape index (κ3) is 6.19. The summed E-state index contributed by atoms with van der Waals surface area (Å²) >= 11 is 6.28. The molecule has 1 atom stereocenters. The summed E-state index contributed by atoms with van der Waals surface area (Å²) in [6.07, 6.45) is 4.22. The zero-order valence-electron chi connectivity index (χ0n) is 20.0. The van der Waals surface area contributed by atoms with Crippen molar-refractivity contribution >= 4 is 27.2 Å². The number of carbonyl (C=O) groups excluding carboxylic acids is 1. The molecule has 0 saturated heterocycles. The SMILES string of the molecule is C[C@@H](CC(=O)C1CCC(CS(=O)(=O)c2cnc(-c3ccccc3F)c(Cl)c2)CC1)c1ccc(F)cc1. The molecule has 4 rings (SSSR count). The quantitative estimate of drug-likeness (QED) is 0.313. The van der Waals surface area contributed by atoms with Crippen LogP contribution in [0.5, 0.6) is 0 Å². The Morgan fingerprint density at radius 3 is 2.36 bits per heavy atom. The van der Waals surface area contributed by atoms with E-state index in [1.54, 1.807) is 24.3 Å². The maximum Gasteiger partial charge on any atom is 0.180 e. The fraction of sp³-hybridized carbons (Fsp3) is 0.357. The first-order valence-corrected chi connectivity index (χ1v) is 14.1. The third-order valence-corrected chi connectivity index (χ3v) is 9.15. The van der Waals surface area contributed by atoms with Crippen LogP contribution in [0, 0.1) is 23.5 Å². The smallest absolute Gasteiger partial charge is 0.180 e. The van der Waals surface area contributed by atoms with Crippen molar-refractivity contribution in [1.29, 1.82) is 0 Å². The molecule has 0 aliphatic heterocycles. The molecule has 1 aromatic heterocycles. The molecule has 8 heteroatoms. The van der Waals surface area contributed by atoms with Gasteiger partial charge < -0.3 is 0 Å². The molecule has 1 heterocycles. The standard InChI is InChI=1S/C28H28ClF2NO3S/c1-18(20-10-12-22(30)13-11-20)14-27(33)21-8-6-19(7-9-21)17-36(34,35)23-15-25(29)28(32-16-23)24-4-2-3-5-26(24)31/h2-5,10-13,15-16,18-19,21H,6-9,14,17H2,1H3/t18-,19?,21?/m0/s1. The van der Waals surface area contributed by atoms with Gasteiger partial charge in [-0.15, -0.1) is 0 Å². The van der Waals surface area contributed by atoms with Crippen molar-refractivity contribution in [2.75, 3.05) is 5.75 Å². The number of nitrogens with zero attached hydrogens (tertiary/aromatic N) is 1. The van der Waals surface area contributed by atoms with Crippen LogP contribution in [0.25, 0.3) is 11.3 Å². The predicted octanol–water partition coefficient (Wildman–Crippen LogP) is 7.02. The number of halogens is 3. The highest BCUT2D eigenvalue weighted by Crippen LogP contribution is 2.35. The van der Waals surface area contributed by atoms with Crippen molar-refractivity contribution in [2.45, 2.75) is 49.8 Å². The van der Waals surface area contributed by atoms with Gasteiger partial charge in [-0.2, -0.15) is 0 Å². The summed E-state index contributed by atoms with van der Waals surface area (Å²) in [6, 6.07) is 13.6. The summed E-state index contributed by atoms with van der Waals surface area (Å²) in [5, 5.41) is 0.0748. The van der Waals surface area contributed by atoms with Crippen LogP contribution in [0.4, 0.5) is 8.78 Å². The Bertz CT molecular complexity index is 1340. The Kier molecular flexibility index (Phi) is 8.20. The molecule has 4 nitrogen and oxygen atoms in total. The Morgan fingerprint density at radius 2 is 1.72 bits per heavy atom. The lowest BCUT2D eigenvalue weighted by molar-refractivity contribution is -0.124. The second-order valence-electron chi connectivity index (χ2n) is 9.60. The second-order valence-corrected chi connectivity index (χ2v) is 12.0. The van der Waals surface area contributed by atoms with Crippen molar-refractivity contribution in [2.24, 2.45) is 11.8 Å². The van der Waals surface area contributed by atoms with Crippen molar-refractivity contribution < 1.29 is 22.0 Å². The third-order valence-electron chi connectivity index (χ3n) is 7.01. The first kappa shape index (κ1) is 26.4. The van der Waals surface area contributed by atoms with Crippen LogP contribution in [0.2, 0.25) is 5.02 Å². The average molecular weight is 532 g/mol. The van der Waals surface area contributed by atoms with Gasteiger partial charge in [-0.05, 0) is 73.4 Å². The van der Waals surface area contributed by atoms with Gasteiger partial charge in [0.1, 0.15) is 17.4 Å². The van der Waals surface area contributed by atoms with Gasteiger partial charge in [0.2, 0.25) is 0 Å². The summed E-state index contributed by atoms with van der Waals surface area (Å²) in [6.45, 7) is 1.96. The molecule has 190 valence electrons. The van der Waals surface area contributed by atoms with Crippen LogP contribution < -0.4 is 0 Å². The molecule has 2 aromatic carbocycles. The van der Waals surface area contributed by atoms with Gasteiger partial charge in [-0.25, -0.2) is 17.2 Å². The van der Waals surface area contributed by atoms with E-state index < -0.39 is 15.7 Å². The summed E-state index contributed by atoms with van der Waals surface area (Å²) in [5.74, 6) is -0.794. The molecule has 1 saturated carbocycles. The number of Topliss-reactive ketones (excluding diaryl/α,β-unsaturated/α-hetero) is 1.